The van der Waals surface area contributed by atoms with E-state index in [4.69, 9.17) is 9.84 Å². The molecule has 0 aromatic heterocycles. The summed E-state index contributed by atoms with van der Waals surface area (Å²) in [7, 11) is 0. The van der Waals surface area contributed by atoms with Gasteiger partial charge in [0.05, 0.1) is 0 Å². The molecule has 75 valence electrons. The van der Waals surface area contributed by atoms with Gasteiger partial charge in [0.2, 0.25) is 0 Å². The van der Waals surface area contributed by atoms with E-state index in [2.05, 4.69) is 12.2 Å². The minimum atomic E-state index is -1.14. The molecule has 0 aliphatic rings. The highest BCUT2D eigenvalue weighted by atomic mass is 16.6. The minimum Gasteiger partial charge on any atom is -0.445 e. The van der Waals surface area contributed by atoms with Crippen LogP contribution in [0.2, 0.25) is 0 Å². The van der Waals surface area contributed by atoms with Crippen LogP contribution in [0.15, 0.2) is 30.3 Å². The van der Waals surface area contributed by atoms with Crippen molar-refractivity contribution in [1.82, 2.24) is 5.32 Å². The molecule has 0 heterocycles. The van der Waals surface area contributed by atoms with Crippen molar-refractivity contribution in [3.63, 3.8) is 0 Å². The van der Waals surface area contributed by atoms with Gasteiger partial charge in [-0.2, -0.15) is 0 Å². The number of nitrogens with one attached hydrogen (secondary N) is 1. The van der Waals surface area contributed by atoms with Crippen molar-refractivity contribution in [2.45, 2.75) is 12.8 Å². The Morgan fingerprint density at radius 2 is 2.14 bits per heavy atom. The number of carbonyl (C=O) groups excluding carboxylic acids is 1. The van der Waals surface area contributed by atoms with Crippen LogP contribution in [0.5, 0.6) is 0 Å². The molecule has 0 spiro atoms. The van der Waals surface area contributed by atoms with Gasteiger partial charge < -0.3 is 9.84 Å². The Morgan fingerprint density at radius 3 is 2.71 bits per heavy atom. The highest BCUT2D eigenvalue weighted by Gasteiger charge is 2.04. The van der Waals surface area contributed by atoms with E-state index in [1.54, 1.807) is 0 Å². The summed E-state index contributed by atoms with van der Waals surface area (Å²) in [5.41, 5.74) is 0.890. The number of amides is 1. The van der Waals surface area contributed by atoms with Crippen molar-refractivity contribution in [2.24, 2.45) is 0 Å². The molecule has 0 bridgehead atoms. The maximum Gasteiger partial charge on any atom is 0.409 e. The Kier molecular flexibility index (Phi) is 3.94. The van der Waals surface area contributed by atoms with E-state index in [1.807, 2.05) is 30.3 Å². The van der Waals surface area contributed by atoms with Crippen LogP contribution in [0.3, 0.4) is 0 Å². The first-order chi connectivity index (χ1) is 6.68. The largest absolute Gasteiger partial charge is 0.445 e. The fourth-order valence-corrected chi connectivity index (χ4v) is 0.901. The molecule has 1 radical (unpaired) electrons. The summed E-state index contributed by atoms with van der Waals surface area (Å²) >= 11 is 0. The van der Waals surface area contributed by atoms with E-state index in [-0.39, 0.29) is 6.61 Å². The molecular weight excluding hydrogens is 182 g/mol. The lowest BCUT2D eigenvalue weighted by Gasteiger charge is -2.08. The third-order valence-corrected chi connectivity index (χ3v) is 1.50. The van der Waals surface area contributed by atoms with Crippen LogP contribution in [-0.2, 0) is 11.3 Å². The molecule has 0 aliphatic carbocycles. The van der Waals surface area contributed by atoms with Crippen molar-refractivity contribution in [2.75, 3.05) is 0 Å². The molecule has 14 heavy (non-hydrogen) atoms. The van der Waals surface area contributed by atoms with Crippen LogP contribution in [-0.4, -0.2) is 17.4 Å². The zero-order valence-electron chi connectivity index (χ0n) is 7.64. The van der Waals surface area contributed by atoms with E-state index in [0.29, 0.717) is 0 Å². The SMILES string of the molecule is [CH2]C(O)NC(=O)OCc1ccccc1. The maximum atomic E-state index is 10.9. The lowest BCUT2D eigenvalue weighted by Crippen LogP contribution is -2.32. The molecule has 0 saturated heterocycles. The summed E-state index contributed by atoms with van der Waals surface area (Å²) < 4.78 is 4.79. The van der Waals surface area contributed by atoms with E-state index in [9.17, 15) is 4.79 Å². The lowest BCUT2D eigenvalue weighted by atomic mass is 10.2. The maximum absolute atomic E-state index is 10.9. The number of aliphatic hydroxyl groups is 1. The van der Waals surface area contributed by atoms with Gasteiger partial charge in [-0.05, 0) is 12.5 Å². The first-order valence-corrected chi connectivity index (χ1v) is 4.17. The molecule has 4 nitrogen and oxygen atoms in total. The summed E-state index contributed by atoms with van der Waals surface area (Å²) in [6, 6.07) is 9.27. The third kappa shape index (κ3) is 3.91. The van der Waals surface area contributed by atoms with Gasteiger partial charge in [-0.25, -0.2) is 4.79 Å². The van der Waals surface area contributed by atoms with Gasteiger partial charge in [-0.1, -0.05) is 30.3 Å². The number of alkyl carbamates (subject to hydrolysis) is 1. The molecule has 1 amide bonds. The van der Waals surface area contributed by atoms with Crippen molar-refractivity contribution < 1.29 is 14.6 Å². The van der Waals surface area contributed by atoms with Gasteiger partial charge in [0.25, 0.3) is 0 Å². The Bertz CT molecular complexity index is 285. The molecule has 4 heteroatoms. The highest BCUT2D eigenvalue weighted by Crippen LogP contribution is 2.00. The average molecular weight is 194 g/mol. The number of aliphatic hydroxyl groups excluding tert-OH is 1. The smallest absolute Gasteiger partial charge is 0.409 e. The first-order valence-electron chi connectivity index (χ1n) is 4.17. The normalized spacial score (nSPS) is 11.9. The first kappa shape index (κ1) is 10.5. The summed E-state index contributed by atoms with van der Waals surface area (Å²) in [5, 5.41) is 10.8. The van der Waals surface area contributed by atoms with E-state index >= 15 is 0 Å². The molecule has 1 aromatic rings. The quantitative estimate of drug-likeness (QED) is 0.707. The molecule has 1 unspecified atom stereocenters. The predicted molar refractivity (Wildman–Crippen MR) is 51.1 cm³/mol. The minimum absolute atomic E-state index is 0.180. The van der Waals surface area contributed by atoms with Crippen LogP contribution in [0.4, 0.5) is 4.79 Å². The fourth-order valence-electron chi connectivity index (χ4n) is 0.901. The number of hydrogen-bond donors (Lipinski definition) is 2. The van der Waals surface area contributed by atoms with Crippen LogP contribution in [0.25, 0.3) is 0 Å². The summed E-state index contributed by atoms with van der Waals surface area (Å²) in [5.74, 6) is 0. The zero-order chi connectivity index (χ0) is 10.4. The number of hydrogen-bond acceptors (Lipinski definition) is 3. The summed E-state index contributed by atoms with van der Waals surface area (Å²) in [4.78, 5) is 10.9. The van der Waals surface area contributed by atoms with Crippen molar-refractivity contribution in [3.8, 4) is 0 Å². The highest BCUT2D eigenvalue weighted by molar-refractivity contribution is 5.67. The van der Waals surface area contributed by atoms with E-state index in [0.717, 1.165) is 5.56 Å². The average Bonchev–Trinajstić information content (AvgIpc) is 2.15. The van der Waals surface area contributed by atoms with Gasteiger partial charge in [0, 0.05) is 0 Å². The van der Waals surface area contributed by atoms with Crippen LogP contribution < -0.4 is 5.32 Å². The Labute approximate surface area is 82.5 Å². The second-order valence-corrected chi connectivity index (χ2v) is 2.72. The lowest BCUT2D eigenvalue weighted by molar-refractivity contribution is 0.111. The molecule has 0 fully saturated rings. The molecule has 2 N–H and O–H groups in total. The van der Waals surface area contributed by atoms with Gasteiger partial charge in [-0.3, -0.25) is 5.32 Å². The second-order valence-electron chi connectivity index (χ2n) is 2.72. The van der Waals surface area contributed by atoms with Gasteiger partial charge >= 0.3 is 6.09 Å². The van der Waals surface area contributed by atoms with Crippen LogP contribution >= 0.6 is 0 Å². The topological polar surface area (TPSA) is 58.6 Å². The van der Waals surface area contributed by atoms with Gasteiger partial charge in [0.15, 0.2) is 0 Å². The Balaban J connectivity index is 2.31. The number of rotatable bonds is 3. The molecule has 1 aromatic carbocycles. The van der Waals surface area contributed by atoms with Crippen molar-refractivity contribution in [1.29, 1.82) is 0 Å². The second kappa shape index (κ2) is 5.24. The van der Waals surface area contributed by atoms with Crippen LogP contribution in [0.1, 0.15) is 5.56 Å². The zero-order valence-corrected chi connectivity index (χ0v) is 7.64. The number of benzene rings is 1. The van der Waals surface area contributed by atoms with Gasteiger partial charge in [0.1, 0.15) is 12.8 Å². The van der Waals surface area contributed by atoms with Gasteiger partial charge in [-0.15, -0.1) is 0 Å². The molecule has 0 aliphatic heterocycles. The Morgan fingerprint density at radius 1 is 1.50 bits per heavy atom. The standard InChI is InChI=1S/C10H12NO3/c1-8(12)11-10(13)14-7-9-5-3-2-4-6-9/h2-6,8,12H,1,7H2,(H,11,13). The number of carbonyl (C=O) groups is 1. The molecule has 1 rings (SSSR count). The monoisotopic (exact) mass is 194 g/mol. The predicted octanol–water partition coefficient (Wildman–Crippen LogP) is 1.07. The van der Waals surface area contributed by atoms with E-state index < -0.39 is 12.3 Å². The van der Waals surface area contributed by atoms with E-state index in [1.165, 1.54) is 0 Å². The molecule has 0 saturated carbocycles. The molecule has 1 atom stereocenters. The molecular formula is C10H12NO3. The summed E-state index contributed by atoms with van der Waals surface area (Å²) in [6.07, 6.45) is -1.82. The Hall–Kier alpha value is -1.55. The number of ether oxygens (including phenoxy) is 1. The fraction of sp³-hybridized carbons (Fsp3) is 0.200. The van der Waals surface area contributed by atoms with Crippen molar-refractivity contribution in [3.05, 3.63) is 42.8 Å². The third-order valence-electron chi connectivity index (χ3n) is 1.50. The summed E-state index contributed by atoms with van der Waals surface area (Å²) in [6.45, 7) is 3.36. The van der Waals surface area contributed by atoms with Crippen LogP contribution in [0, 0.1) is 6.92 Å². The van der Waals surface area contributed by atoms with Crippen molar-refractivity contribution >= 4 is 6.09 Å².